The number of nitrogens with zero attached hydrogens (tertiary/aromatic N) is 5. The number of fused-ring (bicyclic) bond motifs is 2. The van der Waals surface area contributed by atoms with E-state index in [-0.39, 0.29) is 0 Å². The van der Waals surface area contributed by atoms with E-state index in [1.165, 1.54) is 26.1 Å². The van der Waals surface area contributed by atoms with Crippen LogP contribution in [0.25, 0.3) is 0 Å². The molecule has 0 aliphatic carbocycles. The van der Waals surface area contributed by atoms with E-state index >= 15 is 0 Å². The van der Waals surface area contributed by atoms with E-state index in [0.717, 1.165) is 24.1 Å². The lowest BCUT2D eigenvalue weighted by Gasteiger charge is -2.20. The van der Waals surface area contributed by atoms with Gasteiger partial charge in [0.05, 0.1) is 0 Å². The highest BCUT2D eigenvalue weighted by Gasteiger charge is 2.38. The molecule has 2 saturated heterocycles. The summed E-state index contributed by atoms with van der Waals surface area (Å²) in [6.07, 6.45) is 2.42. The molecule has 0 radical (unpaired) electrons. The number of piperidine rings is 1. The highest BCUT2D eigenvalue weighted by Crippen LogP contribution is 2.34. The summed E-state index contributed by atoms with van der Waals surface area (Å²) in [5.74, 6) is 2.71. The smallest absolute Gasteiger partial charge is 0.151 e. The highest BCUT2D eigenvalue weighted by molar-refractivity contribution is 4.95. The molecule has 0 saturated carbocycles. The normalized spacial score (nSPS) is 35.4. The first-order valence-corrected chi connectivity index (χ1v) is 5.26. The minimum atomic E-state index is 0.786. The number of rotatable bonds is 2. The largest absolute Gasteiger partial charge is 0.303 e. The zero-order chi connectivity index (χ0) is 9.54. The molecule has 0 spiro atoms. The van der Waals surface area contributed by atoms with Crippen LogP contribution < -0.4 is 0 Å². The molecule has 3 unspecified atom stereocenters. The van der Waals surface area contributed by atoms with Crippen LogP contribution in [-0.2, 0) is 13.5 Å². The lowest BCUT2D eigenvalue weighted by atomic mass is 9.90. The van der Waals surface area contributed by atoms with E-state index in [4.69, 9.17) is 0 Å². The maximum absolute atomic E-state index is 4.05. The third kappa shape index (κ3) is 1.23. The van der Waals surface area contributed by atoms with Crippen LogP contribution in [0, 0.1) is 11.8 Å². The van der Waals surface area contributed by atoms with E-state index in [1.807, 2.05) is 7.05 Å². The van der Waals surface area contributed by atoms with Gasteiger partial charge in [-0.25, -0.2) is 4.68 Å². The molecule has 0 N–H and O–H groups in total. The second-order valence-electron chi connectivity index (χ2n) is 4.49. The molecular weight excluding hydrogens is 178 g/mol. The predicted molar refractivity (Wildman–Crippen MR) is 50.5 cm³/mol. The Bertz CT molecular complexity index is 334. The summed E-state index contributed by atoms with van der Waals surface area (Å²) in [4.78, 5) is 2.55. The molecule has 2 fully saturated rings. The van der Waals surface area contributed by atoms with E-state index in [9.17, 15) is 0 Å². The van der Waals surface area contributed by atoms with Gasteiger partial charge in [0.2, 0.25) is 0 Å². The summed E-state index contributed by atoms with van der Waals surface area (Å²) < 4.78 is 1.79. The molecule has 1 aromatic heterocycles. The molecule has 3 rings (SSSR count). The fourth-order valence-electron chi connectivity index (χ4n) is 2.78. The van der Waals surface area contributed by atoms with Crippen LogP contribution in [0.15, 0.2) is 0 Å². The van der Waals surface area contributed by atoms with Gasteiger partial charge in [0.1, 0.15) is 0 Å². The van der Waals surface area contributed by atoms with Crippen LogP contribution in [-0.4, -0.2) is 44.7 Å². The minimum Gasteiger partial charge on any atom is -0.303 e. The molecule has 5 heteroatoms. The Morgan fingerprint density at radius 3 is 2.93 bits per heavy atom. The monoisotopic (exact) mass is 193 g/mol. The molecular formula is C9H15N5. The van der Waals surface area contributed by atoms with Crippen molar-refractivity contribution in [3.63, 3.8) is 0 Å². The van der Waals surface area contributed by atoms with Gasteiger partial charge < -0.3 is 4.90 Å². The molecule has 0 aromatic carbocycles. The van der Waals surface area contributed by atoms with Gasteiger partial charge in [-0.05, 0) is 35.2 Å². The third-order valence-electron chi connectivity index (χ3n) is 3.62. The average Bonchev–Trinajstić information content (AvgIpc) is 2.83. The molecule has 2 aliphatic heterocycles. The Labute approximate surface area is 83.1 Å². The summed E-state index contributed by atoms with van der Waals surface area (Å²) in [6.45, 7) is 3.85. The van der Waals surface area contributed by atoms with Crippen LogP contribution in [0.2, 0.25) is 0 Å². The van der Waals surface area contributed by atoms with Gasteiger partial charge in [-0.2, -0.15) is 0 Å². The number of aromatic nitrogens is 4. The van der Waals surface area contributed by atoms with Crippen molar-refractivity contribution in [1.82, 2.24) is 25.1 Å². The number of aryl methyl sites for hydroxylation is 1. The molecule has 14 heavy (non-hydrogen) atoms. The number of tetrazole rings is 1. The van der Waals surface area contributed by atoms with Gasteiger partial charge in [0.15, 0.2) is 5.82 Å². The van der Waals surface area contributed by atoms with E-state index in [0.29, 0.717) is 0 Å². The van der Waals surface area contributed by atoms with Crippen LogP contribution in [0.5, 0.6) is 0 Å². The van der Waals surface area contributed by atoms with Gasteiger partial charge >= 0.3 is 0 Å². The minimum absolute atomic E-state index is 0.786. The maximum atomic E-state index is 4.05. The first-order chi connectivity index (χ1) is 6.83. The first kappa shape index (κ1) is 8.35. The summed E-state index contributed by atoms with van der Waals surface area (Å²) in [5.41, 5.74) is 0. The Morgan fingerprint density at radius 1 is 1.43 bits per heavy atom. The van der Waals surface area contributed by atoms with Crippen LogP contribution in [0.3, 0.4) is 0 Å². The van der Waals surface area contributed by atoms with Crippen molar-refractivity contribution in [2.45, 2.75) is 12.8 Å². The number of hydrogen-bond acceptors (Lipinski definition) is 4. The molecule has 2 bridgehead atoms. The van der Waals surface area contributed by atoms with E-state index in [2.05, 4.69) is 20.4 Å². The topological polar surface area (TPSA) is 46.8 Å². The second kappa shape index (κ2) is 3.02. The van der Waals surface area contributed by atoms with Crippen molar-refractivity contribution in [3.8, 4) is 0 Å². The number of hydrogen-bond donors (Lipinski definition) is 0. The SMILES string of the molecule is Cn1nnnc1CC1CN2CCC1C2. The first-order valence-electron chi connectivity index (χ1n) is 5.26. The van der Waals surface area contributed by atoms with Gasteiger partial charge in [0.25, 0.3) is 0 Å². The van der Waals surface area contributed by atoms with Crippen molar-refractivity contribution in [3.05, 3.63) is 5.82 Å². The summed E-state index contributed by atoms with van der Waals surface area (Å²) in [6, 6.07) is 0. The molecule has 3 atom stereocenters. The Kier molecular flexibility index (Phi) is 1.80. The second-order valence-corrected chi connectivity index (χ2v) is 4.49. The maximum Gasteiger partial charge on any atom is 0.151 e. The molecule has 3 heterocycles. The predicted octanol–water partition coefficient (Wildman–Crippen LogP) is -0.296. The summed E-state index contributed by atoms with van der Waals surface area (Å²) >= 11 is 0. The van der Waals surface area contributed by atoms with Crippen molar-refractivity contribution >= 4 is 0 Å². The summed E-state index contributed by atoms with van der Waals surface area (Å²) in [7, 11) is 1.92. The standard InChI is InChI=1S/C9H15N5/c1-13-9(10-11-12-13)4-8-6-14-3-2-7(8)5-14/h7-8H,2-6H2,1H3. The van der Waals surface area contributed by atoms with Gasteiger partial charge in [-0.3, -0.25) is 0 Å². The quantitative estimate of drug-likeness (QED) is 0.647. The molecule has 2 aliphatic rings. The van der Waals surface area contributed by atoms with Gasteiger partial charge in [-0.15, -0.1) is 5.10 Å². The molecule has 1 aromatic rings. The van der Waals surface area contributed by atoms with Crippen molar-refractivity contribution in [1.29, 1.82) is 0 Å². The van der Waals surface area contributed by atoms with Gasteiger partial charge in [0, 0.05) is 26.6 Å². The van der Waals surface area contributed by atoms with Crippen LogP contribution in [0.1, 0.15) is 12.2 Å². The zero-order valence-corrected chi connectivity index (χ0v) is 8.43. The molecule has 76 valence electrons. The van der Waals surface area contributed by atoms with E-state index in [1.54, 1.807) is 4.68 Å². The van der Waals surface area contributed by atoms with Crippen molar-refractivity contribution < 1.29 is 0 Å². The lowest BCUT2D eigenvalue weighted by Crippen LogP contribution is -2.25. The fourth-order valence-corrected chi connectivity index (χ4v) is 2.78. The molecule has 0 amide bonds. The Hall–Kier alpha value is -0.970. The Balaban J connectivity index is 1.71. The van der Waals surface area contributed by atoms with Crippen molar-refractivity contribution in [2.75, 3.05) is 19.6 Å². The highest BCUT2D eigenvalue weighted by atomic mass is 15.5. The van der Waals surface area contributed by atoms with Crippen LogP contribution >= 0.6 is 0 Å². The lowest BCUT2D eigenvalue weighted by molar-refractivity contribution is 0.295. The molecule has 5 nitrogen and oxygen atoms in total. The summed E-state index contributed by atoms with van der Waals surface area (Å²) in [5, 5.41) is 11.6. The van der Waals surface area contributed by atoms with Gasteiger partial charge in [-0.1, -0.05) is 0 Å². The zero-order valence-electron chi connectivity index (χ0n) is 8.43. The van der Waals surface area contributed by atoms with Crippen LogP contribution in [0.4, 0.5) is 0 Å². The van der Waals surface area contributed by atoms with Crippen molar-refractivity contribution in [2.24, 2.45) is 18.9 Å². The Morgan fingerprint density at radius 2 is 2.36 bits per heavy atom. The third-order valence-corrected chi connectivity index (χ3v) is 3.62. The fraction of sp³-hybridized carbons (Fsp3) is 0.889. The van der Waals surface area contributed by atoms with E-state index < -0.39 is 0 Å². The average molecular weight is 193 g/mol.